The maximum Gasteiger partial charge on any atom is 0.226 e. The lowest BCUT2D eigenvalue weighted by Crippen LogP contribution is -2.39. The third-order valence-corrected chi connectivity index (χ3v) is 5.51. The molecule has 4 N–H and O–H groups in total. The van der Waals surface area contributed by atoms with Crippen LogP contribution < -0.4 is 16.4 Å². The highest BCUT2D eigenvalue weighted by Crippen LogP contribution is 2.38. The van der Waals surface area contributed by atoms with Crippen LogP contribution in [0.25, 0.3) is 0 Å². The van der Waals surface area contributed by atoms with Gasteiger partial charge in [-0.3, -0.25) is 9.59 Å². The summed E-state index contributed by atoms with van der Waals surface area (Å²) in [6.07, 6.45) is 6.24. The first-order valence-corrected chi connectivity index (χ1v) is 9.35. The molecule has 0 aliphatic heterocycles. The fourth-order valence-corrected chi connectivity index (χ4v) is 3.60. The number of hydrogen-bond donors (Lipinski definition) is 3. The van der Waals surface area contributed by atoms with E-state index in [9.17, 15) is 9.59 Å². The van der Waals surface area contributed by atoms with Crippen LogP contribution in [0.5, 0.6) is 0 Å². The summed E-state index contributed by atoms with van der Waals surface area (Å²) in [6.45, 7) is 2.73. The molecule has 1 aromatic rings. The van der Waals surface area contributed by atoms with Crippen molar-refractivity contribution in [2.75, 3.05) is 18.4 Å². The van der Waals surface area contributed by atoms with E-state index in [0.717, 1.165) is 31.2 Å². The molecule has 0 spiro atoms. The van der Waals surface area contributed by atoms with Gasteiger partial charge in [-0.1, -0.05) is 36.9 Å². The van der Waals surface area contributed by atoms with Gasteiger partial charge in [0.2, 0.25) is 11.8 Å². The zero-order valence-electron chi connectivity index (χ0n) is 14.9. The molecule has 0 aromatic heterocycles. The lowest BCUT2D eigenvalue weighted by molar-refractivity contribution is -0.124. The smallest absolute Gasteiger partial charge is 0.226 e. The van der Waals surface area contributed by atoms with E-state index in [1.165, 1.54) is 6.42 Å². The fraction of sp³-hybridized carbons (Fsp3) is 0.579. The molecule has 0 heterocycles. The van der Waals surface area contributed by atoms with Crippen LogP contribution in [0.3, 0.4) is 0 Å². The standard InChI is InChI=1S/C19H28ClN3O2/c1-14-15(20)6-5-7-16(14)23-17(24)8-11-22-18(25)12-19(13-21)9-3-2-4-10-19/h5-7H,2-4,8-13,21H2,1H3,(H,22,25)(H,23,24). The first kappa shape index (κ1) is 19.7. The van der Waals surface area contributed by atoms with Crippen LogP contribution >= 0.6 is 11.6 Å². The molecule has 1 aliphatic rings. The van der Waals surface area contributed by atoms with Crippen LogP contribution in [0, 0.1) is 12.3 Å². The highest BCUT2D eigenvalue weighted by atomic mass is 35.5. The summed E-state index contributed by atoms with van der Waals surface area (Å²) in [5.41, 5.74) is 7.41. The number of anilines is 1. The third kappa shape index (κ3) is 5.72. The Bertz CT molecular complexity index is 613. The molecule has 0 unspecified atom stereocenters. The van der Waals surface area contributed by atoms with Crippen molar-refractivity contribution in [3.63, 3.8) is 0 Å². The normalized spacial score (nSPS) is 16.3. The molecule has 25 heavy (non-hydrogen) atoms. The van der Waals surface area contributed by atoms with Gasteiger partial charge in [0.1, 0.15) is 0 Å². The van der Waals surface area contributed by atoms with Crippen molar-refractivity contribution in [3.8, 4) is 0 Å². The lowest BCUT2D eigenvalue weighted by Gasteiger charge is -2.35. The average molecular weight is 366 g/mol. The number of nitrogens with one attached hydrogen (secondary N) is 2. The molecular formula is C19H28ClN3O2. The quantitative estimate of drug-likeness (QED) is 0.692. The Kier molecular flexibility index (Phi) is 7.26. The summed E-state index contributed by atoms with van der Waals surface area (Å²) >= 11 is 6.04. The average Bonchev–Trinajstić information content (AvgIpc) is 2.60. The maximum atomic E-state index is 12.2. The fourth-order valence-electron chi connectivity index (χ4n) is 3.43. The third-order valence-electron chi connectivity index (χ3n) is 5.10. The first-order valence-electron chi connectivity index (χ1n) is 8.97. The molecule has 6 heteroatoms. The van der Waals surface area contributed by atoms with Gasteiger partial charge in [0.25, 0.3) is 0 Å². The number of hydrogen-bond acceptors (Lipinski definition) is 3. The Morgan fingerprint density at radius 3 is 2.60 bits per heavy atom. The second-order valence-corrected chi connectivity index (χ2v) is 7.41. The summed E-state index contributed by atoms with van der Waals surface area (Å²) in [6, 6.07) is 5.39. The molecule has 1 aromatic carbocycles. The predicted octanol–water partition coefficient (Wildman–Crippen LogP) is 3.39. The minimum absolute atomic E-state index is 0.0147. The lowest BCUT2D eigenvalue weighted by atomic mass is 9.71. The first-order chi connectivity index (χ1) is 12.0. The zero-order chi connectivity index (χ0) is 18.3. The summed E-state index contributed by atoms with van der Waals surface area (Å²) < 4.78 is 0. The van der Waals surface area contributed by atoms with Crippen LogP contribution in [-0.4, -0.2) is 24.9 Å². The predicted molar refractivity (Wildman–Crippen MR) is 102 cm³/mol. The van der Waals surface area contributed by atoms with E-state index in [1.807, 2.05) is 13.0 Å². The van der Waals surface area contributed by atoms with Crippen LogP contribution in [0.1, 0.15) is 50.5 Å². The van der Waals surface area contributed by atoms with Crippen LogP contribution in [0.2, 0.25) is 5.02 Å². The zero-order valence-corrected chi connectivity index (χ0v) is 15.6. The molecule has 2 rings (SSSR count). The van der Waals surface area contributed by atoms with E-state index in [-0.39, 0.29) is 23.7 Å². The minimum Gasteiger partial charge on any atom is -0.356 e. The molecule has 0 atom stereocenters. The largest absolute Gasteiger partial charge is 0.356 e. The Morgan fingerprint density at radius 1 is 1.20 bits per heavy atom. The van der Waals surface area contributed by atoms with E-state index in [4.69, 9.17) is 17.3 Å². The number of halogens is 1. The molecule has 1 fully saturated rings. The van der Waals surface area contributed by atoms with Gasteiger partial charge in [-0.25, -0.2) is 0 Å². The number of carbonyl (C=O) groups is 2. The van der Waals surface area contributed by atoms with Gasteiger partial charge in [0.15, 0.2) is 0 Å². The Morgan fingerprint density at radius 2 is 1.92 bits per heavy atom. The van der Waals surface area contributed by atoms with Gasteiger partial charge in [-0.2, -0.15) is 0 Å². The van der Waals surface area contributed by atoms with Gasteiger partial charge in [-0.05, 0) is 49.4 Å². The van der Waals surface area contributed by atoms with Crippen molar-refractivity contribution in [2.24, 2.45) is 11.1 Å². The summed E-state index contributed by atoms with van der Waals surface area (Å²) in [4.78, 5) is 24.2. The van der Waals surface area contributed by atoms with Crippen molar-refractivity contribution in [2.45, 2.75) is 51.9 Å². The van der Waals surface area contributed by atoms with Gasteiger partial charge >= 0.3 is 0 Å². The van der Waals surface area contributed by atoms with Gasteiger partial charge < -0.3 is 16.4 Å². The van der Waals surface area contributed by atoms with Crippen molar-refractivity contribution >= 4 is 29.1 Å². The number of rotatable bonds is 7. The monoisotopic (exact) mass is 365 g/mol. The number of carbonyl (C=O) groups excluding carboxylic acids is 2. The molecule has 0 bridgehead atoms. The number of nitrogens with two attached hydrogens (primary N) is 1. The van der Waals surface area contributed by atoms with Gasteiger partial charge in [0, 0.05) is 30.1 Å². The molecule has 0 radical (unpaired) electrons. The number of benzene rings is 1. The minimum atomic E-state index is -0.142. The van der Waals surface area contributed by atoms with Crippen molar-refractivity contribution in [3.05, 3.63) is 28.8 Å². The van der Waals surface area contributed by atoms with E-state index in [0.29, 0.717) is 30.2 Å². The molecule has 1 saturated carbocycles. The molecule has 138 valence electrons. The molecule has 5 nitrogen and oxygen atoms in total. The highest BCUT2D eigenvalue weighted by molar-refractivity contribution is 6.31. The molecular weight excluding hydrogens is 338 g/mol. The summed E-state index contributed by atoms with van der Waals surface area (Å²) in [5.74, 6) is -0.157. The number of amides is 2. The second kappa shape index (κ2) is 9.20. The van der Waals surface area contributed by atoms with E-state index in [2.05, 4.69) is 10.6 Å². The molecule has 0 saturated heterocycles. The van der Waals surface area contributed by atoms with Crippen molar-refractivity contribution in [1.82, 2.24) is 5.32 Å². The van der Waals surface area contributed by atoms with Crippen LogP contribution in [0.15, 0.2) is 18.2 Å². The second-order valence-electron chi connectivity index (χ2n) is 7.00. The van der Waals surface area contributed by atoms with E-state index >= 15 is 0 Å². The highest BCUT2D eigenvalue weighted by Gasteiger charge is 2.32. The van der Waals surface area contributed by atoms with Crippen LogP contribution in [-0.2, 0) is 9.59 Å². The van der Waals surface area contributed by atoms with Crippen molar-refractivity contribution < 1.29 is 9.59 Å². The Labute approximate surface area is 154 Å². The van der Waals surface area contributed by atoms with Crippen LogP contribution in [0.4, 0.5) is 5.69 Å². The van der Waals surface area contributed by atoms with E-state index in [1.54, 1.807) is 12.1 Å². The Hall–Kier alpha value is -1.59. The van der Waals surface area contributed by atoms with Crippen molar-refractivity contribution in [1.29, 1.82) is 0 Å². The van der Waals surface area contributed by atoms with E-state index < -0.39 is 0 Å². The summed E-state index contributed by atoms with van der Waals surface area (Å²) in [7, 11) is 0. The Balaban J connectivity index is 1.75. The molecule has 2 amide bonds. The SMILES string of the molecule is Cc1c(Cl)cccc1NC(=O)CCNC(=O)CC1(CN)CCCCC1. The summed E-state index contributed by atoms with van der Waals surface area (Å²) in [5, 5.41) is 6.30. The van der Waals surface area contributed by atoms with Gasteiger partial charge in [-0.15, -0.1) is 0 Å². The molecule has 1 aliphatic carbocycles. The van der Waals surface area contributed by atoms with Gasteiger partial charge in [0.05, 0.1) is 0 Å². The topological polar surface area (TPSA) is 84.2 Å². The maximum absolute atomic E-state index is 12.2.